The van der Waals surface area contributed by atoms with Gasteiger partial charge in [-0.05, 0) is 49.2 Å². The number of hydrogen-bond acceptors (Lipinski definition) is 3. The fourth-order valence-electron chi connectivity index (χ4n) is 3.37. The van der Waals surface area contributed by atoms with Crippen molar-refractivity contribution in [1.82, 2.24) is 14.9 Å². The molecule has 138 valence electrons. The molecule has 0 fully saturated rings. The number of benzene rings is 2. The van der Waals surface area contributed by atoms with E-state index in [0.29, 0.717) is 33.1 Å². The lowest BCUT2D eigenvalue weighted by atomic mass is 10.1. The number of aromatic nitrogens is 2. The van der Waals surface area contributed by atoms with Crippen LogP contribution in [0.4, 0.5) is 0 Å². The van der Waals surface area contributed by atoms with E-state index in [9.17, 15) is 9.59 Å². The molecule has 7 heteroatoms. The summed E-state index contributed by atoms with van der Waals surface area (Å²) in [6.45, 7) is 2.58. The third-order valence-corrected chi connectivity index (χ3v) is 5.61. The number of fused-ring (bicyclic) bond motifs is 2. The van der Waals surface area contributed by atoms with Crippen LogP contribution in [0.3, 0.4) is 0 Å². The summed E-state index contributed by atoms with van der Waals surface area (Å²) in [7, 11) is 0. The Kier molecular flexibility index (Phi) is 4.66. The summed E-state index contributed by atoms with van der Waals surface area (Å²) in [6, 6.07) is 10.0. The summed E-state index contributed by atoms with van der Waals surface area (Å²) < 4.78 is 1.72. The zero-order chi connectivity index (χ0) is 19.1. The Morgan fingerprint density at radius 3 is 2.78 bits per heavy atom. The Bertz CT molecular complexity index is 1120. The second-order valence-corrected chi connectivity index (χ2v) is 7.50. The van der Waals surface area contributed by atoms with E-state index in [2.05, 4.69) is 10.3 Å². The summed E-state index contributed by atoms with van der Waals surface area (Å²) in [5, 5.41) is 4.39. The van der Waals surface area contributed by atoms with Crippen LogP contribution in [0.1, 0.15) is 41.1 Å². The molecule has 0 saturated carbocycles. The number of nitrogens with one attached hydrogen (secondary N) is 1. The second kappa shape index (κ2) is 6.98. The van der Waals surface area contributed by atoms with Gasteiger partial charge in [-0.3, -0.25) is 14.2 Å². The van der Waals surface area contributed by atoms with E-state index in [1.54, 1.807) is 34.9 Å². The number of nitrogens with zero attached hydrogens (tertiary/aromatic N) is 2. The highest BCUT2D eigenvalue weighted by atomic mass is 35.5. The lowest BCUT2D eigenvalue weighted by Crippen LogP contribution is -2.27. The fraction of sp³-hybridized carbons (Fsp3) is 0.250. The van der Waals surface area contributed by atoms with Gasteiger partial charge in [-0.1, -0.05) is 29.3 Å². The first kappa shape index (κ1) is 18.0. The average Bonchev–Trinajstić information content (AvgIpc) is 3.12. The van der Waals surface area contributed by atoms with Crippen molar-refractivity contribution >= 4 is 40.0 Å². The Labute approximate surface area is 165 Å². The molecule has 3 aromatic rings. The summed E-state index contributed by atoms with van der Waals surface area (Å²) in [4.78, 5) is 29.8. The van der Waals surface area contributed by atoms with E-state index in [4.69, 9.17) is 23.2 Å². The predicted molar refractivity (Wildman–Crippen MR) is 107 cm³/mol. The smallest absolute Gasteiger partial charge is 0.261 e. The van der Waals surface area contributed by atoms with Gasteiger partial charge in [-0.15, -0.1) is 0 Å². The normalized spacial score (nSPS) is 14.2. The van der Waals surface area contributed by atoms with Gasteiger partial charge in [0.2, 0.25) is 0 Å². The molecule has 0 spiro atoms. The molecule has 0 radical (unpaired) electrons. The topological polar surface area (TPSA) is 64.0 Å². The van der Waals surface area contributed by atoms with Gasteiger partial charge in [0.15, 0.2) is 0 Å². The summed E-state index contributed by atoms with van der Waals surface area (Å²) in [5.74, 6) is 0.548. The fourth-order valence-corrected chi connectivity index (χ4v) is 3.68. The number of halogens is 2. The summed E-state index contributed by atoms with van der Waals surface area (Å²) >= 11 is 12.0. The molecule has 5 nitrogen and oxygen atoms in total. The van der Waals surface area contributed by atoms with Gasteiger partial charge >= 0.3 is 0 Å². The van der Waals surface area contributed by atoms with Crippen molar-refractivity contribution in [3.8, 4) is 0 Å². The minimum atomic E-state index is -0.249. The van der Waals surface area contributed by atoms with Crippen molar-refractivity contribution in [1.29, 1.82) is 0 Å². The van der Waals surface area contributed by atoms with Crippen molar-refractivity contribution < 1.29 is 4.79 Å². The zero-order valence-corrected chi connectivity index (χ0v) is 16.1. The minimum Gasteiger partial charge on any atom is -0.346 e. The van der Waals surface area contributed by atoms with E-state index >= 15 is 0 Å². The molecule has 1 aliphatic heterocycles. The second-order valence-electron chi connectivity index (χ2n) is 6.69. The minimum absolute atomic E-state index is 0.0383. The largest absolute Gasteiger partial charge is 0.346 e. The number of aryl methyl sites for hydroxylation is 1. The number of carbonyl (C=O) groups excluding carboxylic acids is 1. The molecule has 0 aliphatic carbocycles. The molecule has 27 heavy (non-hydrogen) atoms. The Morgan fingerprint density at radius 2 is 2.00 bits per heavy atom. The van der Waals surface area contributed by atoms with Crippen LogP contribution in [0.15, 0.2) is 41.2 Å². The van der Waals surface area contributed by atoms with Crippen LogP contribution in [0, 0.1) is 0 Å². The highest BCUT2D eigenvalue weighted by Crippen LogP contribution is 2.26. The summed E-state index contributed by atoms with van der Waals surface area (Å²) in [6.07, 6.45) is 1.71. The maximum Gasteiger partial charge on any atom is 0.261 e. The van der Waals surface area contributed by atoms with E-state index in [-0.39, 0.29) is 17.5 Å². The third-order valence-electron chi connectivity index (χ3n) is 4.87. The standard InChI is InChI=1S/C20H17Cl2N3O2/c1-11(12-5-7-15(21)16(22)9-12)23-19(26)13-4-6-14-17(10-13)24-18-3-2-8-25(18)20(14)27/h4-7,9-11H,2-3,8H2,1H3,(H,23,26). The lowest BCUT2D eigenvalue weighted by molar-refractivity contribution is 0.0940. The van der Waals surface area contributed by atoms with E-state index < -0.39 is 0 Å². The first-order chi connectivity index (χ1) is 12.9. The predicted octanol–water partition coefficient (Wildman–Crippen LogP) is 4.14. The molecule has 2 aromatic carbocycles. The monoisotopic (exact) mass is 401 g/mol. The molecule has 0 saturated heterocycles. The molecular weight excluding hydrogens is 385 g/mol. The first-order valence-corrected chi connectivity index (χ1v) is 9.49. The molecule has 1 atom stereocenters. The van der Waals surface area contributed by atoms with Gasteiger partial charge in [0.25, 0.3) is 11.5 Å². The number of carbonyl (C=O) groups is 1. The SMILES string of the molecule is CC(NC(=O)c1ccc2c(=O)n3c(nc2c1)CCC3)c1ccc(Cl)c(Cl)c1. The van der Waals surface area contributed by atoms with Crippen LogP contribution in [-0.2, 0) is 13.0 Å². The van der Waals surface area contributed by atoms with Gasteiger partial charge in [0.1, 0.15) is 5.82 Å². The van der Waals surface area contributed by atoms with Gasteiger partial charge in [-0.25, -0.2) is 4.98 Å². The molecule has 4 rings (SSSR count). The van der Waals surface area contributed by atoms with Crippen LogP contribution < -0.4 is 10.9 Å². The molecule has 0 bridgehead atoms. The average molecular weight is 402 g/mol. The number of amides is 1. The quantitative estimate of drug-likeness (QED) is 0.716. The molecule has 1 aromatic heterocycles. The van der Waals surface area contributed by atoms with Crippen molar-refractivity contribution in [2.75, 3.05) is 0 Å². The van der Waals surface area contributed by atoms with Gasteiger partial charge in [0, 0.05) is 18.5 Å². The number of hydrogen-bond donors (Lipinski definition) is 1. The van der Waals surface area contributed by atoms with Gasteiger partial charge in [0.05, 0.1) is 27.0 Å². The Balaban J connectivity index is 1.61. The molecule has 1 N–H and O–H groups in total. The number of rotatable bonds is 3. The Hall–Kier alpha value is -2.37. The molecule has 1 amide bonds. The first-order valence-electron chi connectivity index (χ1n) is 8.73. The van der Waals surface area contributed by atoms with Crippen LogP contribution in [0.5, 0.6) is 0 Å². The molecule has 1 aliphatic rings. The van der Waals surface area contributed by atoms with Crippen molar-refractivity contribution in [3.05, 3.63) is 73.7 Å². The zero-order valence-electron chi connectivity index (χ0n) is 14.6. The highest BCUT2D eigenvalue weighted by Gasteiger charge is 2.18. The maximum absolute atomic E-state index is 12.7. The van der Waals surface area contributed by atoms with E-state index in [1.807, 2.05) is 13.0 Å². The van der Waals surface area contributed by atoms with Crippen molar-refractivity contribution in [2.24, 2.45) is 0 Å². The third kappa shape index (κ3) is 3.33. The van der Waals surface area contributed by atoms with Crippen LogP contribution in [0.25, 0.3) is 10.9 Å². The molecular formula is C20H17Cl2N3O2. The highest BCUT2D eigenvalue weighted by molar-refractivity contribution is 6.42. The van der Waals surface area contributed by atoms with Crippen molar-refractivity contribution in [2.45, 2.75) is 32.4 Å². The maximum atomic E-state index is 12.7. The Morgan fingerprint density at radius 1 is 1.19 bits per heavy atom. The van der Waals surface area contributed by atoms with E-state index in [1.165, 1.54) is 0 Å². The summed E-state index contributed by atoms with van der Waals surface area (Å²) in [5.41, 5.74) is 1.84. The van der Waals surface area contributed by atoms with Crippen LogP contribution in [-0.4, -0.2) is 15.5 Å². The lowest BCUT2D eigenvalue weighted by Gasteiger charge is -2.15. The van der Waals surface area contributed by atoms with Crippen LogP contribution in [0.2, 0.25) is 10.0 Å². The van der Waals surface area contributed by atoms with Gasteiger partial charge < -0.3 is 5.32 Å². The molecule has 1 unspecified atom stereocenters. The van der Waals surface area contributed by atoms with E-state index in [0.717, 1.165) is 24.2 Å². The van der Waals surface area contributed by atoms with Gasteiger partial charge in [-0.2, -0.15) is 0 Å². The van der Waals surface area contributed by atoms with Crippen LogP contribution >= 0.6 is 23.2 Å². The van der Waals surface area contributed by atoms with Crippen molar-refractivity contribution in [3.63, 3.8) is 0 Å². The molecule has 2 heterocycles.